The molecule has 2 N–H and O–H groups in total. The van der Waals surface area contributed by atoms with E-state index < -0.39 is 0 Å². The molecule has 0 atom stereocenters. The largest absolute Gasteiger partial charge is 0.341 e. The van der Waals surface area contributed by atoms with Crippen molar-refractivity contribution in [1.29, 1.82) is 0 Å². The van der Waals surface area contributed by atoms with Gasteiger partial charge in [-0.15, -0.1) is 0 Å². The minimum absolute atomic E-state index is 0.639. The van der Waals surface area contributed by atoms with Crippen LogP contribution in [0.3, 0.4) is 0 Å². The van der Waals surface area contributed by atoms with Crippen molar-refractivity contribution in [3.8, 4) is 0 Å². The van der Waals surface area contributed by atoms with E-state index in [1.807, 2.05) is 16.7 Å². The summed E-state index contributed by atoms with van der Waals surface area (Å²) in [5, 5.41) is 1.96. The lowest BCUT2D eigenvalue weighted by molar-refractivity contribution is 0.680. The highest BCUT2D eigenvalue weighted by Crippen LogP contribution is 1.69. The second kappa shape index (κ2) is 2.71. The lowest BCUT2D eigenvalue weighted by atomic mass is 10.6. The molecular formula is C8H12N2. The molecule has 0 saturated carbocycles. The molecule has 2 heteroatoms. The van der Waals surface area contributed by atoms with Gasteiger partial charge in [0, 0.05) is 23.8 Å². The minimum atomic E-state index is 0.639. The van der Waals surface area contributed by atoms with E-state index in [4.69, 9.17) is 5.73 Å². The minimum Gasteiger partial charge on any atom is -0.341 e. The monoisotopic (exact) mass is 136 g/mol. The third kappa shape index (κ3) is 1.11. The van der Waals surface area contributed by atoms with Gasteiger partial charge in [0.2, 0.25) is 0 Å². The molecule has 0 amide bonds. The van der Waals surface area contributed by atoms with Crippen LogP contribution in [0.4, 0.5) is 0 Å². The highest BCUT2D eigenvalue weighted by Gasteiger charge is 1.89. The summed E-state index contributed by atoms with van der Waals surface area (Å²) in [5.74, 6) is 0. The topological polar surface area (TPSA) is 30.9 Å². The van der Waals surface area contributed by atoms with E-state index in [9.17, 15) is 0 Å². The summed E-state index contributed by atoms with van der Waals surface area (Å²) in [7, 11) is 0. The summed E-state index contributed by atoms with van der Waals surface area (Å²) in [4.78, 5) is 0. The summed E-state index contributed by atoms with van der Waals surface area (Å²) in [5.41, 5.74) is 5.38. The van der Waals surface area contributed by atoms with Crippen LogP contribution in [0.15, 0.2) is 12.1 Å². The zero-order valence-corrected chi connectivity index (χ0v) is 6.01. The van der Waals surface area contributed by atoms with E-state index in [0.717, 1.165) is 17.2 Å². The van der Waals surface area contributed by atoms with Gasteiger partial charge >= 0.3 is 0 Å². The molecule has 0 unspecified atom stereocenters. The summed E-state index contributed by atoms with van der Waals surface area (Å²) >= 11 is 0. The van der Waals surface area contributed by atoms with Crippen LogP contribution < -0.4 is 16.4 Å². The van der Waals surface area contributed by atoms with Gasteiger partial charge in [0.05, 0.1) is 0 Å². The number of hydrogen-bond donors (Lipinski definition) is 1. The maximum atomic E-state index is 5.38. The SMILES string of the molecule is C=c1ccc(=C)n1CCN. The number of nitrogens with two attached hydrogens (primary N) is 1. The van der Waals surface area contributed by atoms with Gasteiger partial charge < -0.3 is 10.3 Å². The van der Waals surface area contributed by atoms with Gasteiger partial charge in [0.25, 0.3) is 0 Å². The van der Waals surface area contributed by atoms with Crippen LogP contribution in [0.25, 0.3) is 13.2 Å². The molecule has 1 aromatic heterocycles. The van der Waals surface area contributed by atoms with Crippen molar-refractivity contribution < 1.29 is 0 Å². The third-order valence-corrected chi connectivity index (χ3v) is 1.51. The van der Waals surface area contributed by atoms with Crippen molar-refractivity contribution in [3.05, 3.63) is 22.8 Å². The maximum Gasteiger partial charge on any atom is 0.0353 e. The molecule has 0 fully saturated rings. The standard InChI is InChI=1S/C8H12N2/c1-7-3-4-8(2)10(7)6-5-9/h3-4H,1-2,5-6,9H2. The molecule has 0 aliphatic carbocycles. The number of nitrogens with zero attached hydrogens (tertiary/aromatic N) is 1. The molecule has 1 aromatic rings. The van der Waals surface area contributed by atoms with Gasteiger partial charge in [-0.1, -0.05) is 13.2 Å². The van der Waals surface area contributed by atoms with Gasteiger partial charge in [-0.3, -0.25) is 0 Å². The van der Waals surface area contributed by atoms with E-state index in [1.165, 1.54) is 0 Å². The Bertz CT molecular complexity index is 270. The molecular weight excluding hydrogens is 124 g/mol. The normalized spacial score (nSPS) is 10.1. The Hall–Kier alpha value is -1.02. The quantitative estimate of drug-likeness (QED) is 0.571. The Morgan fingerprint density at radius 3 is 2.20 bits per heavy atom. The van der Waals surface area contributed by atoms with Crippen LogP contribution in [0.5, 0.6) is 0 Å². The van der Waals surface area contributed by atoms with Crippen molar-refractivity contribution in [2.75, 3.05) is 6.54 Å². The summed E-state index contributed by atoms with van der Waals surface area (Å²) in [6.07, 6.45) is 0. The lowest BCUT2D eigenvalue weighted by Crippen LogP contribution is -2.28. The first-order valence-electron chi connectivity index (χ1n) is 3.29. The highest BCUT2D eigenvalue weighted by atomic mass is 15.0. The molecule has 0 spiro atoms. The van der Waals surface area contributed by atoms with Crippen LogP contribution in [-0.2, 0) is 6.54 Å². The predicted molar refractivity (Wildman–Crippen MR) is 43.8 cm³/mol. The van der Waals surface area contributed by atoms with Crippen LogP contribution in [0, 0.1) is 0 Å². The predicted octanol–water partition coefficient (Wildman–Crippen LogP) is -0.733. The Labute approximate surface area is 60.3 Å². The number of aromatic nitrogens is 1. The summed E-state index contributed by atoms with van der Waals surface area (Å²) in [6, 6.07) is 3.88. The fourth-order valence-electron chi connectivity index (χ4n) is 0.973. The highest BCUT2D eigenvalue weighted by molar-refractivity contribution is 5.08. The molecule has 2 nitrogen and oxygen atoms in total. The van der Waals surface area contributed by atoms with Crippen molar-refractivity contribution in [3.63, 3.8) is 0 Å². The zero-order valence-electron chi connectivity index (χ0n) is 6.01. The smallest absolute Gasteiger partial charge is 0.0353 e. The first-order valence-corrected chi connectivity index (χ1v) is 3.29. The first kappa shape index (κ1) is 7.09. The molecule has 0 aromatic carbocycles. The number of hydrogen-bond acceptors (Lipinski definition) is 1. The van der Waals surface area contributed by atoms with E-state index in [2.05, 4.69) is 13.2 Å². The fourth-order valence-corrected chi connectivity index (χ4v) is 0.973. The zero-order chi connectivity index (χ0) is 7.56. The van der Waals surface area contributed by atoms with E-state index in [-0.39, 0.29) is 0 Å². The molecule has 0 saturated heterocycles. The average Bonchev–Trinajstić information content (AvgIpc) is 2.20. The molecule has 0 radical (unpaired) electrons. The van der Waals surface area contributed by atoms with Crippen LogP contribution in [0.1, 0.15) is 0 Å². The molecule has 0 aliphatic heterocycles. The molecule has 0 bridgehead atoms. The summed E-state index contributed by atoms with van der Waals surface area (Å²) in [6.45, 7) is 9.10. The maximum absolute atomic E-state index is 5.38. The Kier molecular flexibility index (Phi) is 1.92. The van der Waals surface area contributed by atoms with Crippen molar-refractivity contribution in [1.82, 2.24) is 4.57 Å². The molecule has 0 aliphatic rings. The van der Waals surface area contributed by atoms with Crippen LogP contribution >= 0.6 is 0 Å². The van der Waals surface area contributed by atoms with Crippen molar-refractivity contribution in [2.45, 2.75) is 6.54 Å². The number of rotatable bonds is 2. The third-order valence-electron chi connectivity index (χ3n) is 1.51. The van der Waals surface area contributed by atoms with Gasteiger partial charge in [-0.2, -0.15) is 0 Å². The van der Waals surface area contributed by atoms with Gasteiger partial charge in [0.1, 0.15) is 0 Å². The summed E-state index contributed by atoms with van der Waals surface area (Å²) < 4.78 is 2.00. The average molecular weight is 136 g/mol. The van der Waals surface area contributed by atoms with Crippen molar-refractivity contribution in [2.24, 2.45) is 5.73 Å². The molecule has 1 heterocycles. The molecule has 54 valence electrons. The fraction of sp³-hybridized carbons (Fsp3) is 0.250. The van der Waals surface area contributed by atoms with Crippen molar-refractivity contribution >= 4 is 13.2 Å². The molecule has 10 heavy (non-hydrogen) atoms. The van der Waals surface area contributed by atoms with Gasteiger partial charge in [-0.25, -0.2) is 0 Å². The second-order valence-corrected chi connectivity index (χ2v) is 2.26. The van der Waals surface area contributed by atoms with Crippen LogP contribution in [0.2, 0.25) is 0 Å². The van der Waals surface area contributed by atoms with E-state index in [0.29, 0.717) is 6.54 Å². The first-order chi connectivity index (χ1) is 4.75. The Morgan fingerprint density at radius 2 is 1.80 bits per heavy atom. The second-order valence-electron chi connectivity index (χ2n) is 2.26. The lowest BCUT2D eigenvalue weighted by Gasteiger charge is -1.99. The van der Waals surface area contributed by atoms with Gasteiger partial charge in [-0.05, 0) is 12.1 Å². The van der Waals surface area contributed by atoms with Gasteiger partial charge in [0.15, 0.2) is 0 Å². The van der Waals surface area contributed by atoms with Crippen LogP contribution in [-0.4, -0.2) is 11.1 Å². The molecule has 1 rings (SSSR count). The van der Waals surface area contributed by atoms with E-state index >= 15 is 0 Å². The van der Waals surface area contributed by atoms with E-state index in [1.54, 1.807) is 0 Å². The Balaban J connectivity index is 3.11. The Morgan fingerprint density at radius 1 is 1.30 bits per heavy atom.